The molecule has 0 bridgehead atoms. The Labute approximate surface area is 128 Å². The lowest BCUT2D eigenvalue weighted by atomic mass is 9.95. The molecule has 0 saturated heterocycles. The largest absolute Gasteiger partial charge is 0.114 e. The summed E-state index contributed by atoms with van der Waals surface area (Å²) >= 11 is 3.54. The van der Waals surface area contributed by atoms with Gasteiger partial charge in [-0.25, -0.2) is 0 Å². The molecule has 0 aliphatic rings. The molecule has 2 aromatic rings. The molecule has 2 aromatic carbocycles. The van der Waals surface area contributed by atoms with Crippen molar-refractivity contribution in [2.24, 2.45) is 0 Å². The molecule has 0 radical (unpaired) electrons. The summed E-state index contributed by atoms with van der Waals surface area (Å²) in [4.78, 5) is 0. The first kappa shape index (κ1) is 15.5. The van der Waals surface area contributed by atoms with E-state index in [0.717, 1.165) is 11.8 Å². The molecule has 0 heterocycles. The molecule has 0 fully saturated rings. The maximum Gasteiger partial charge on any atom is 0.0285 e. The summed E-state index contributed by atoms with van der Waals surface area (Å²) in [6, 6.07) is 15.2. The number of halogens is 2. The molecule has 0 atom stereocenters. The second kappa shape index (κ2) is 7.10. The van der Waals surface area contributed by atoms with Crippen LogP contribution >= 0.6 is 32.9 Å². The Morgan fingerprint density at radius 1 is 0.833 bits per heavy atom. The Kier molecular flexibility index (Phi) is 6.10. The lowest BCUT2D eigenvalue weighted by Gasteiger charge is -2.11. The van der Waals surface area contributed by atoms with E-state index in [-0.39, 0.29) is 17.0 Å². The van der Waals surface area contributed by atoms with Crippen molar-refractivity contribution >= 4 is 32.9 Å². The van der Waals surface area contributed by atoms with Crippen molar-refractivity contribution in [2.45, 2.75) is 25.6 Å². The fourth-order valence-electron chi connectivity index (χ4n) is 2.09. The van der Waals surface area contributed by atoms with Crippen molar-refractivity contribution in [1.29, 1.82) is 0 Å². The van der Waals surface area contributed by atoms with Crippen molar-refractivity contribution in [2.75, 3.05) is 0 Å². The first-order valence-electron chi connectivity index (χ1n) is 5.90. The number of hydrogen-bond donors (Lipinski definition) is 0. The Balaban J connectivity index is 0.00000162. The van der Waals surface area contributed by atoms with E-state index < -0.39 is 0 Å². The SMILES string of the molecule is Br.Cc1ccccc1Cc1cccc(CBr)c1C. The standard InChI is InChI=1S/C16H17Br.BrH/c1-12-6-3-4-7-14(12)10-15-8-5-9-16(11-17)13(15)2;/h3-9H,10-11H2,1-2H3;1H. The van der Waals surface area contributed by atoms with Crippen LogP contribution in [0.1, 0.15) is 27.8 Å². The smallest absolute Gasteiger partial charge is 0.0285 e. The molecular formula is C16H18Br2. The van der Waals surface area contributed by atoms with Gasteiger partial charge in [0.2, 0.25) is 0 Å². The lowest BCUT2D eigenvalue weighted by molar-refractivity contribution is 1.11. The first-order valence-corrected chi connectivity index (χ1v) is 7.02. The van der Waals surface area contributed by atoms with Gasteiger partial charge in [-0.05, 0) is 48.1 Å². The average molecular weight is 370 g/mol. The molecule has 18 heavy (non-hydrogen) atoms. The van der Waals surface area contributed by atoms with Crippen LogP contribution < -0.4 is 0 Å². The van der Waals surface area contributed by atoms with Crippen LogP contribution in [0, 0.1) is 13.8 Å². The second-order valence-corrected chi connectivity index (χ2v) is 5.00. The zero-order valence-electron chi connectivity index (χ0n) is 10.7. The summed E-state index contributed by atoms with van der Waals surface area (Å²) in [5.74, 6) is 0. The lowest BCUT2D eigenvalue weighted by Crippen LogP contribution is -1.96. The van der Waals surface area contributed by atoms with E-state index in [2.05, 4.69) is 72.2 Å². The van der Waals surface area contributed by atoms with E-state index in [0.29, 0.717) is 0 Å². The Morgan fingerprint density at radius 2 is 1.44 bits per heavy atom. The topological polar surface area (TPSA) is 0 Å². The van der Waals surface area contributed by atoms with Crippen LogP contribution in [0.4, 0.5) is 0 Å². The molecule has 0 nitrogen and oxygen atoms in total. The van der Waals surface area contributed by atoms with Crippen LogP contribution in [0.15, 0.2) is 42.5 Å². The van der Waals surface area contributed by atoms with Gasteiger partial charge < -0.3 is 0 Å². The second-order valence-electron chi connectivity index (χ2n) is 4.44. The molecule has 0 aliphatic heterocycles. The molecule has 0 spiro atoms. The third kappa shape index (κ3) is 3.46. The molecular weight excluding hydrogens is 352 g/mol. The van der Waals surface area contributed by atoms with Gasteiger partial charge in [0.05, 0.1) is 0 Å². The minimum absolute atomic E-state index is 0. The van der Waals surface area contributed by atoms with Gasteiger partial charge in [0.25, 0.3) is 0 Å². The van der Waals surface area contributed by atoms with E-state index in [1.165, 1.54) is 27.8 Å². The molecule has 0 amide bonds. The summed E-state index contributed by atoms with van der Waals surface area (Å²) in [6.07, 6.45) is 1.03. The van der Waals surface area contributed by atoms with E-state index in [1.54, 1.807) is 0 Å². The summed E-state index contributed by atoms with van der Waals surface area (Å²) in [5, 5.41) is 0.931. The van der Waals surface area contributed by atoms with Crippen LogP contribution in [0.5, 0.6) is 0 Å². The van der Waals surface area contributed by atoms with Gasteiger partial charge in [0, 0.05) is 5.33 Å². The molecule has 96 valence electrons. The molecule has 2 heteroatoms. The quantitative estimate of drug-likeness (QED) is 0.638. The maximum absolute atomic E-state index is 3.54. The maximum atomic E-state index is 3.54. The summed E-state index contributed by atoms with van der Waals surface area (Å²) in [6.45, 7) is 4.39. The average Bonchev–Trinajstić information content (AvgIpc) is 2.34. The first-order chi connectivity index (χ1) is 8.22. The highest BCUT2D eigenvalue weighted by Gasteiger charge is 2.05. The van der Waals surface area contributed by atoms with E-state index in [4.69, 9.17) is 0 Å². The highest BCUT2D eigenvalue weighted by atomic mass is 79.9. The van der Waals surface area contributed by atoms with Gasteiger partial charge >= 0.3 is 0 Å². The van der Waals surface area contributed by atoms with Crippen LogP contribution in [0.25, 0.3) is 0 Å². The van der Waals surface area contributed by atoms with Gasteiger partial charge in [-0.1, -0.05) is 58.4 Å². The Hall–Kier alpha value is -0.600. The molecule has 0 aromatic heterocycles. The third-order valence-electron chi connectivity index (χ3n) is 3.34. The van der Waals surface area contributed by atoms with Crippen LogP contribution in [0.2, 0.25) is 0 Å². The predicted molar refractivity (Wildman–Crippen MR) is 88.1 cm³/mol. The molecule has 0 saturated carbocycles. The predicted octanol–water partition coefficient (Wildman–Crippen LogP) is 5.37. The normalized spacial score (nSPS) is 9.94. The fourth-order valence-corrected chi connectivity index (χ4v) is 2.69. The summed E-state index contributed by atoms with van der Waals surface area (Å²) in [5.41, 5.74) is 7.01. The summed E-state index contributed by atoms with van der Waals surface area (Å²) < 4.78 is 0. The number of aryl methyl sites for hydroxylation is 1. The van der Waals surface area contributed by atoms with Gasteiger partial charge in [-0.3, -0.25) is 0 Å². The zero-order chi connectivity index (χ0) is 12.3. The van der Waals surface area contributed by atoms with Crippen LogP contribution in [-0.2, 0) is 11.8 Å². The van der Waals surface area contributed by atoms with Gasteiger partial charge in [-0.2, -0.15) is 0 Å². The molecule has 0 unspecified atom stereocenters. The number of benzene rings is 2. The molecule has 0 N–H and O–H groups in total. The minimum Gasteiger partial charge on any atom is -0.114 e. The van der Waals surface area contributed by atoms with Gasteiger partial charge in [0.1, 0.15) is 0 Å². The molecule has 2 rings (SSSR count). The monoisotopic (exact) mass is 368 g/mol. The van der Waals surface area contributed by atoms with Crippen molar-refractivity contribution in [3.63, 3.8) is 0 Å². The van der Waals surface area contributed by atoms with Crippen molar-refractivity contribution in [3.05, 3.63) is 70.3 Å². The number of hydrogen-bond acceptors (Lipinski definition) is 0. The van der Waals surface area contributed by atoms with Gasteiger partial charge in [0.15, 0.2) is 0 Å². The number of alkyl halides is 1. The van der Waals surface area contributed by atoms with Crippen LogP contribution in [0.3, 0.4) is 0 Å². The highest BCUT2D eigenvalue weighted by Crippen LogP contribution is 2.20. The van der Waals surface area contributed by atoms with E-state index >= 15 is 0 Å². The zero-order valence-corrected chi connectivity index (χ0v) is 14.0. The Bertz CT molecular complexity index is 518. The fraction of sp³-hybridized carbons (Fsp3) is 0.250. The van der Waals surface area contributed by atoms with Crippen LogP contribution in [-0.4, -0.2) is 0 Å². The highest BCUT2D eigenvalue weighted by molar-refractivity contribution is 9.08. The van der Waals surface area contributed by atoms with E-state index in [9.17, 15) is 0 Å². The van der Waals surface area contributed by atoms with Crippen molar-refractivity contribution < 1.29 is 0 Å². The van der Waals surface area contributed by atoms with Crippen molar-refractivity contribution in [3.8, 4) is 0 Å². The third-order valence-corrected chi connectivity index (χ3v) is 3.95. The number of rotatable bonds is 3. The Morgan fingerprint density at radius 3 is 2.11 bits per heavy atom. The van der Waals surface area contributed by atoms with E-state index in [1.807, 2.05) is 0 Å². The van der Waals surface area contributed by atoms with Gasteiger partial charge in [-0.15, -0.1) is 17.0 Å². The van der Waals surface area contributed by atoms with Crippen molar-refractivity contribution in [1.82, 2.24) is 0 Å². The molecule has 0 aliphatic carbocycles. The summed E-state index contributed by atoms with van der Waals surface area (Å²) in [7, 11) is 0. The minimum atomic E-state index is 0.